The molecule has 0 radical (unpaired) electrons. The van der Waals surface area contributed by atoms with E-state index in [9.17, 15) is 4.91 Å². The predicted octanol–water partition coefficient (Wildman–Crippen LogP) is 4.60. The molecule has 0 aliphatic rings. The normalized spacial score (nSPS) is 11.1. The van der Waals surface area contributed by atoms with E-state index in [1.54, 1.807) is 0 Å². The van der Waals surface area contributed by atoms with Crippen LogP contribution in [-0.4, -0.2) is 36.8 Å². The summed E-state index contributed by atoms with van der Waals surface area (Å²) in [6, 6.07) is 22.5. The zero-order valence-corrected chi connectivity index (χ0v) is 18.0. The third-order valence-electron chi connectivity index (χ3n) is 5.44. The summed E-state index contributed by atoms with van der Waals surface area (Å²) in [6.45, 7) is 3.05. The fourth-order valence-corrected chi connectivity index (χ4v) is 4.00. The molecule has 0 amide bonds. The van der Waals surface area contributed by atoms with Crippen molar-refractivity contribution in [1.29, 1.82) is 0 Å². The van der Waals surface area contributed by atoms with Crippen LogP contribution in [0.1, 0.15) is 18.1 Å². The van der Waals surface area contributed by atoms with Gasteiger partial charge in [-0.3, -0.25) is 4.57 Å². The van der Waals surface area contributed by atoms with Crippen molar-refractivity contribution in [3.63, 3.8) is 0 Å². The molecule has 0 saturated heterocycles. The Kier molecular flexibility index (Phi) is 5.59. The van der Waals surface area contributed by atoms with Crippen LogP contribution < -0.4 is 4.74 Å². The number of ether oxygens (including phenoxy) is 1. The minimum Gasteiger partial charge on any atom is -0.465 e. The molecule has 2 aromatic heterocycles. The Morgan fingerprint density at radius 3 is 2.55 bits per heavy atom. The van der Waals surface area contributed by atoms with Crippen LogP contribution in [0.15, 0.2) is 71.9 Å². The van der Waals surface area contributed by atoms with Crippen LogP contribution in [0.25, 0.3) is 33.5 Å². The Morgan fingerprint density at radius 1 is 1.00 bits per heavy atom. The Morgan fingerprint density at radius 2 is 1.82 bits per heavy atom. The van der Waals surface area contributed by atoms with Crippen LogP contribution in [0.3, 0.4) is 0 Å². The van der Waals surface area contributed by atoms with E-state index >= 15 is 0 Å². The number of nitrogens with zero attached hydrogens (tertiary/aromatic N) is 6. The molecule has 0 saturated carbocycles. The SMILES string of the molecule is CCOc1nc2cccc(CN=O)c2n1Cc1ccc(-c2ccccc2-c2nn[nH]n2)cc1. The number of tetrazole rings is 1. The van der Waals surface area contributed by atoms with Crippen molar-refractivity contribution in [1.82, 2.24) is 30.2 Å². The number of hydrogen-bond acceptors (Lipinski definition) is 7. The number of aromatic amines is 1. The van der Waals surface area contributed by atoms with E-state index in [-0.39, 0.29) is 6.54 Å². The van der Waals surface area contributed by atoms with Gasteiger partial charge >= 0.3 is 0 Å². The highest BCUT2D eigenvalue weighted by Crippen LogP contribution is 2.31. The number of para-hydroxylation sites is 1. The molecular formula is C24H21N7O2. The highest BCUT2D eigenvalue weighted by Gasteiger charge is 2.16. The van der Waals surface area contributed by atoms with Crippen molar-refractivity contribution < 1.29 is 4.74 Å². The summed E-state index contributed by atoms with van der Waals surface area (Å²) in [7, 11) is 0. The number of nitrogens with one attached hydrogen (secondary N) is 1. The highest BCUT2D eigenvalue weighted by molar-refractivity contribution is 5.81. The average Bonchev–Trinajstić information content (AvgIpc) is 3.50. The zero-order chi connectivity index (χ0) is 22.6. The molecule has 164 valence electrons. The summed E-state index contributed by atoms with van der Waals surface area (Å²) < 4.78 is 7.80. The monoisotopic (exact) mass is 439 g/mol. The second kappa shape index (κ2) is 8.99. The van der Waals surface area contributed by atoms with Crippen LogP contribution in [-0.2, 0) is 13.1 Å². The third kappa shape index (κ3) is 3.96. The van der Waals surface area contributed by atoms with Crippen molar-refractivity contribution in [2.24, 2.45) is 5.18 Å². The molecule has 33 heavy (non-hydrogen) atoms. The summed E-state index contributed by atoms with van der Waals surface area (Å²) in [5.74, 6) is 0.553. The second-order valence-corrected chi connectivity index (χ2v) is 7.46. The summed E-state index contributed by atoms with van der Waals surface area (Å²) in [5, 5.41) is 17.5. The van der Waals surface area contributed by atoms with E-state index < -0.39 is 0 Å². The lowest BCUT2D eigenvalue weighted by Gasteiger charge is -2.12. The molecule has 9 heteroatoms. The van der Waals surface area contributed by atoms with Crippen LogP contribution >= 0.6 is 0 Å². The molecule has 0 fully saturated rings. The molecule has 5 aromatic rings. The van der Waals surface area contributed by atoms with Gasteiger partial charge in [0.2, 0.25) is 5.82 Å². The topological polar surface area (TPSA) is 111 Å². The first-order chi connectivity index (χ1) is 16.3. The maximum absolute atomic E-state index is 11.0. The largest absolute Gasteiger partial charge is 0.465 e. The number of rotatable bonds is 8. The van der Waals surface area contributed by atoms with Crippen molar-refractivity contribution >= 4 is 11.0 Å². The first kappa shape index (κ1) is 20.5. The minimum atomic E-state index is 0.0837. The third-order valence-corrected chi connectivity index (χ3v) is 5.44. The summed E-state index contributed by atoms with van der Waals surface area (Å²) >= 11 is 0. The Hall–Kier alpha value is -4.40. The summed E-state index contributed by atoms with van der Waals surface area (Å²) in [5.41, 5.74) is 6.52. The molecule has 5 rings (SSSR count). The van der Waals surface area contributed by atoms with Gasteiger partial charge in [-0.25, -0.2) is 0 Å². The lowest BCUT2D eigenvalue weighted by molar-refractivity contribution is 0.301. The molecule has 3 aromatic carbocycles. The lowest BCUT2D eigenvalue weighted by atomic mass is 9.98. The fraction of sp³-hybridized carbons (Fsp3) is 0.167. The van der Waals surface area contributed by atoms with Crippen LogP contribution in [0, 0.1) is 4.91 Å². The van der Waals surface area contributed by atoms with Crippen LogP contribution in [0.2, 0.25) is 0 Å². The van der Waals surface area contributed by atoms with Gasteiger partial charge in [-0.05, 0) is 34.9 Å². The Balaban J connectivity index is 1.51. The first-order valence-electron chi connectivity index (χ1n) is 10.6. The zero-order valence-electron chi connectivity index (χ0n) is 18.0. The first-order valence-corrected chi connectivity index (χ1v) is 10.6. The maximum atomic E-state index is 11.0. The molecule has 0 unspecified atom stereocenters. The van der Waals surface area contributed by atoms with Gasteiger partial charge in [-0.2, -0.15) is 15.1 Å². The number of H-pyrrole nitrogens is 1. The smallest absolute Gasteiger partial charge is 0.297 e. The number of nitroso groups, excluding NO2 is 1. The molecule has 2 heterocycles. The molecule has 0 atom stereocenters. The van der Waals surface area contributed by atoms with E-state index in [0.717, 1.165) is 38.9 Å². The van der Waals surface area contributed by atoms with Crippen LogP contribution in [0.5, 0.6) is 6.01 Å². The molecular weight excluding hydrogens is 418 g/mol. The molecule has 0 spiro atoms. The van der Waals surface area contributed by atoms with Crippen molar-refractivity contribution in [2.45, 2.75) is 20.0 Å². The highest BCUT2D eigenvalue weighted by atomic mass is 16.5. The van der Waals surface area contributed by atoms with Crippen molar-refractivity contribution in [3.8, 4) is 28.5 Å². The van der Waals surface area contributed by atoms with Gasteiger partial charge in [-0.1, -0.05) is 65.8 Å². The Bertz CT molecular complexity index is 1390. The molecule has 0 bridgehead atoms. The number of fused-ring (bicyclic) bond motifs is 1. The fourth-order valence-electron chi connectivity index (χ4n) is 4.00. The molecule has 9 nitrogen and oxygen atoms in total. The van der Waals surface area contributed by atoms with Crippen molar-refractivity contribution in [3.05, 3.63) is 82.8 Å². The van der Waals surface area contributed by atoms with E-state index in [0.29, 0.717) is 25.0 Å². The molecule has 0 aliphatic carbocycles. The van der Waals surface area contributed by atoms with Gasteiger partial charge < -0.3 is 4.74 Å². The van der Waals surface area contributed by atoms with E-state index in [1.807, 2.05) is 54.0 Å². The van der Waals surface area contributed by atoms with E-state index in [1.165, 1.54) is 0 Å². The average molecular weight is 439 g/mol. The van der Waals surface area contributed by atoms with Gasteiger partial charge in [-0.15, -0.1) is 10.2 Å². The minimum absolute atomic E-state index is 0.0837. The summed E-state index contributed by atoms with van der Waals surface area (Å²) in [4.78, 5) is 15.6. The number of benzene rings is 3. The number of imidazole rings is 1. The van der Waals surface area contributed by atoms with Crippen LogP contribution in [0.4, 0.5) is 0 Å². The van der Waals surface area contributed by atoms with E-state index in [4.69, 9.17) is 4.74 Å². The lowest BCUT2D eigenvalue weighted by Crippen LogP contribution is -2.06. The van der Waals surface area contributed by atoms with Crippen molar-refractivity contribution in [2.75, 3.05) is 6.61 Å². The van der Waals surface area contributed by atoms with Gasteiger partial charge in [0, 0.05) is 11.1 Å². The standard InChI is InChI=1S/C24H21N7O2/c1-2-33-24-26-21-9-5-6-18(14-25-32)22(21)31(24)15-16-10-12-17(13-11-16)19-7-3-4-8-20(19)23-27-29-30-28-23/h3-13H,2,14-15H2,1H3,(H,27,28,29,30). The van der Waals surface area contributed by atoms with Gasteiger partial charge in [0.25, 0.3) is 6.01 Å². The number of hydrogen-bond donors (Lipinski definition) is 1. The molecule has 0 aliphatic heterocycles. The maximum Gasteiger partial charge on any atom is 0.297 e. The van der Waals surface area contributed by atoms with Gasteiger partial charge in [0.05, 0.1) is 24.2 Å². The van der Waals surface area contributed by atoms with Gasteiger partial charge in [0.15, 0.2) is 0 Å². The quantitative estimate of drug-likeness (QED) is 0.354. The number of aromatic nitrogens is 6. The Labute approximate surface area is 189 Å². The molecule has 1 N–H and O–H groups in total. The second-order valence-electron chi connectivity index (χ2n) is 7.46. The van der Waals surface area contributed by atoms with E-state index in [2.05, 4.69) is 55.1 Å². The summed E-state index contributed by atoms with van der Waals surface area (Å²) in [6.07, 6.45) is 0. The predicted molar refractivity (Wildman–Crippen MR) is 125 cm³/mol. The van der Waals surface area contributed by atoms with Gasteiger partial charge in [0.1, 0.15) is 6.54 Å².